The Morgan fingerprint density at radius 2 is 2.06 bits per heavy atom. The molecule has 0 amide bonds. The summed E-state index contributed by atoms with van der Waals surface area (Å²) in [7, 11) is 0. The molecule has 96 valence electrons. The van der Waals surface area contributed by atoms with Crippen molar-refractivity contribution >= 4 is 16.7 Å². The van der Waals surface area contributed by atoms with Crippen LogP contribution in [0.25, 0.3) is 0 Å². The van der Waals surface area contributed by atoms with E-state index in [9.17, 15) is 0 Å². The number of hydrogen-bond donors (Lipinski definition) is 1. The Balaban J connectivity index is 1.82. The minimum absolute atomic E-state index is 0.788. The lowest BCUT2D eigenvalue weighted by molar-refractivity contribution is 0.256. The van der Waals surface area contributed by atoms with Gasteiger partial charge in [0.25, 0.3) is 0 Å². The van der Waals surface area contributed by atoms with Crippen LogP contribution in [0.3, 0.4) is 0 Å². The first-order valence-electron chi connectivity index (χ1n) is 6.33. The Bertz CT molecular complexity index is 332. The zero-order valence-corrected chi connectivity index (χ0v) is 11.2. The molecule has 5 nitrogen and oxygen atoms in total. The number of aromatic nitrogens is 2. The molecule has 17 heavy (non-hydrogen) atoms. The summed E-state index contributed by atoms with van der Waals surface area (Å²) in [5.74, 6) is 0.968. The molecule has 2 N–H and O–H groups in total. The van der Waals surface area contributed by atoms with Gasteiger partial charge in [0.2, 0.25) is 5.13 Å². The van der Waals surface area contributed by atoms with Gasteiger partial charge in [0, 0.05) is 44.1 Å². The van der Waals surface area contributed by atoms with Crippen molar-refractivity contribution in [3.63, 3.8) is 0 Å². The van der Waals surface area contributed by atoms with Gasteiger partial charge in [-0.15, -0.1) is 0 Å². The summed E-state index contributed by atoms with van der Waals surface area (Å²) in [4.78, 5) is 9.35. The standard InChI is InChI=1S/C11H21N5S/c1-2-10-13-11(17-14-10)16-8-6-15(7-9-16)5-3-4-12/h2-9,12H2,1H3. The normalized spacial score (nSPS) is 17.6. The molecule has 2 rings (SSSR count). The van der Waals surface area contributed by atoms with Gasteiger partial charge in [-0.1, -0.05) is 6.92 Å². The van der Waals surface area contributed by atoms with Crippen molar-refractivity contribution in [1.29, 1.82) is 0 Å². The molecule has 6 heteroatoms. The van der Waals surface area contributed by atoms with E-state index >= 15 is 0 Å². The molecule has 0 saturated carbocycles. The SMILES string of the molecule is CCc1nsc(N2CCN(CCCN)CC2)n1. The first-order chi connectivity index (χ1) is 8.33. The summed E-state index contributed by atoms with van der Waals surface area (Å²) in [5, 5.41) is 1.08. The molecular formula is C11H21N5S. The predicted octanol–water partition coefficient (Wildman–Crippen LogP) is 0.571. The summed E-state index contributed by atoms with van der Waals surface area (Å²) < 4.78 is 4.34. The van der Waals surface area contributed by atoms with Crippen LogP contribution in [0.15, 0.2) is 0 Å². The van der Waals surface area contributed by atoms with Crippen LogP contribution in [0.1, 0.15) is 19.2 Å². The van der Waals surface area contributed by atoms with E-state index in [1.165, 1.54) is 11.5 Å². The van der Waals surface area contributed by atoms with Gasteiger partial charge in [-0.3, -0.25) is 4.90 Å². The number of hydrogen-bond acceptors (Lipinski definition) is 6. The fraction of sp³-hybridized carbons (Fsp3) is 0.818. The molecule has 1 aliphatic heterocycles. The van der Waals surface area contributed by atoms with E-state index in [0.717, 1.165) is 63.1 Å². The van der Waals surface area contributed by atoms with Crippen molar-refractivity contribution in [1.82, 2.24) is 14.3 Å². The van der Waals surface area contributed by atoms with E-state index in [4.69, 9.17) is 5.73 Å². The van der Waals surface area contributed by atoms with E-state index in [1.807, 2.05) is 0 Å². The molecule has 0 bridgehead atoms. The maximum absolute atomic E-state index is 5.53. The maximum atomic E-state index is 5.53. The number of nitrogens with zero attached hydrogens (tertiary/aromatic N) is 4. The van der Waals surface area contributed by atoms with Crippen LogP contribution in [-0.2, 0) is 6.42 Å². The average Bonchev–Trinajstić information content (AvgIpc) is 2.86. The van der Waals surface area contributed by atoms with Gasteiger partial charge in [-0.05, 0) is 19.5 Å². The Labute approximate surface area is 107 Å². The van der Waals surface area contributed by atoms with E-state index in [-0.39, 0.29) is 0 Å². The molecule has 0 radical (unpaired) electrons. The van der Waals surface area contributed by atoms with Crippen LogP contribution in [0, 0.1) is 0 Å². The molecule has 1 aromatic rings. The number of piperazine rings is 1. The predicted molar refractivity (Wildman–Crippen MR) is 71.6 cm³/mol. The van der Waals surface area contributed by atoms with Gasteiger partial charge < -0.3 is 10.6 Å². The highest BCUT2D eigenvalue weighted by Gasteiger charge is 2.19. The smallest absolute Gasteiger partial charge is 0.205 e. The zero-order chi connectivity index (χ0) is 12.1. The van der Waals surface area contributed by atoms with Gasteiger partial charge >= 0.3 is 0 Å². The molecule has 0 aromatic carbocycles. The molecule has 0 unspecified atom stereocenters. The number of nitrogens with two attached hydrogens (primary N) is 1. The Morgan fingerprint density at radius 3 is 2.65 bits per heavy atom. The highest BCUT2D eigenvalue weighted by Crippen LogP contribution is 2.19. The number of aryl methyl sites for hydroxylation is 1. The van der Waals surface area contributed by atoms with E-state index in [0.29, 0.717) is 0 Å². The minimum Gasteiger partial charge on any atom is -0.344 e. The fourth-order valence-corrected chi connectivity index (χ4v) is 2.80. The second kappa shape index (κ2) is 6.28. The lowest BCUT2D eigenvalue weighted by atomic mass is 10.3. The summed E-state index contributed by atoms with van der Waals surface area (Å²) in [6.45, 7) is 8.35. The highest BCUT2D eigenvalue weighted by atomic mass is 32.1. The molecule has 0 spiro atoms. The first kappa shape index (κ1) is 12.7. The molecule has 1 aliphatic rings. The molecule has 1 fully saturated rings. The molecule has 1 saturated heterocycles. The van der Waals surface area contributed by atoms with Gasteiger partial charge in [0.1, 0.15) is 5.82 Å². The van der Waals surface area contributed by atoms with Crippen molar-refractivity contribution < 1.29 is 0 Å². The van der Waals surface area contributed by atoms with Crippen molar-refractivity contribution in [3.8, 4) is 0 Å². The third-order valence-electron chi connectivity index (χ3n) is 3.09. The maximum Gasteiger partial charge on any atom is 0.205 e. The van der Waals surface area contributed by atoms with E-state index < -0.39 is 0 Å². The van der Waals surface area contributed by atoms with Gasteiger partial charge in [-0.2, -0.15) is 4.37 Å². The highest BCUT2D eigenvalue weighted by molar-refractivity contribution is 7.09. The summed E-state index contributed by atoms with van der Waals surface area (Å²) >= 11 is 1.53. The largest absolute Gasteiger partial charge is 0.344 e. The third kappa shape index (κ3) is 3.37. The first-order valence-corrected chi connectivity index (χ1v) is 7.10. The van der Waals surface area contributed by atoms with Crippen LogP contribution in [0.5, 0.6) is 0 Å². The van der Waals surface area contributed by atoms with E-state index in [2.05, 4.69) is 26.1 Å². The van der Waals surface area contributed by atoms with Crippen LogP contribution < -0.4 is 10.6 Å². The Hall–Kier alpha value is -0.720. The molecule has 0 aliphatic carbocycles. The molecule has 1 aromatic heterocycles. The lowest BCUT2D eigenvalue weighted by Crippen LogP contribution is -2.46. The van der Waals surface area contributed by atoms with Crippen LogP contribution in [-0.4, -0.2) is 53.5 Å². The Kier molecular flexibility index (Phi) is 4.70. The van der Waals surface area contributed by atoms with Crippen LogP contribution in [0.2, 0.25) is 0 Å². The van der Waals surface area contributed by atoms with Crippen LogP contribution >= 0.6 is 11.5 Å². The lowest BCUT2D eigenvalue weighted by Gasteiger charge is -2.34. The van der Waals surface area contributed by atoms with Crippen molar-refractivity contribution in [2.24, 2.45) is 5.73 Å². The number of anilines is 1. The quantitative estimate of drug-likeness (QED) is 0.833. The number of rotatable bonds is 5. The van der Waals surface area contributed by atoms with Crippen molar-refractivity contribution in [3.05, 3.63) is 5.82 Å². The summed E-state index contributed by atoms with van der Waals surface area (Å²) in [5.41, 5.74) is 5.53. The van der Waals surface area contributed by atoms with Gasteiger partial charge in [-0.25, -0.2) is 4.98 Å². The fourth-order valence-electron chi connectivity index (χ4n) is 1.99. The average molecular weight is 255 g/mol. The van der Waals surface area contributed by atoms with Gasteiger partial charge in [0.15, 0.2) is 0 Å². The van der Waals surface area contributed by atoms with Crippen molar-refractivity contribution in [2.45, 2.75) is 19.8 Å². The second-order valence-corrected chi connectivity index (χ2v) is 5.05. The summed E-state index contributed by atoms with van der Waals surface area (Å²) in [6, 6.07) is 0. The second-order valence-electron chi connectivity index (χ2n) is 4.32. The zero-order valence-electron chi connectivity index (χ0n) is 10.4. The van der Waals surface area contributed by atoms with E-state index in [1.54, 1.807) is 0 Å². The topological polar surface area (TPSA) is 58.3 Å². The molecule has 0 atom stereocenters. The third-order valence-corrected chi connectivity index (χ3v) is 3.91. The summed E-state index contributed by atoms with van der Waals surface area (Å²) in [6.07, 6.45) is 2.02. The van der Waals surface area contributed by atoms with Crippen LogP contribution in [0.4, 0.5) is 5.13 Å². The molecular weight excluding hydrogens is 234 g/mol. The Morgan fingerprint density at radius 1 is 1.29 bits per heavy atom. The van der Waals surface area contributed by atoms with Gasteiger partial charge in [0.05, 0.1) is 0 Å². The minimum atomic E-state index is 0.788. The van der Waals surface area contributed by atoms with Crippen molar-refractivity contribution in [2.75, 3.05) is 44.2 Å². The monoisotopic (exact) mass is 255 g/mol. The molecule has 2 heterocycles.